The van der Waals surface area contributed by atoms with Crippen LogP contribution in [0.5, 0.6) is 11.6 Å². The lowest BCUT2D eigenvalue weighted by atomic mass is 9.97. The van der Waals surface area contributed by atoms with Gasteiger partial charge in [-0.2, -0.15) is 5.26 Å². The Morgan fingerprint density at radius 1 is 0.781 bits per heavy atom. The van der Waals surface area contributed by atoms with Crippen LogP contribution in [0.25, 0.3) is 22.4 Å². The third kappa shape index (κ3) is 4.53. The van der Waals surface area contributed by atoms with Gasteiger partial charge in [-0.1, -0.05) is 46.9 Å². The highest BCUT2D eigenvalue weighted by Gasteiger charge is 2.19. The predicted octanol–water partition coefficient (Wildman–Crippen LogP) is 8.32. The monoisotopic (exact) mass is 486 g/mol. The van der Waals surface area contributed by atoms with E-state index in [0.717, 1.165) is 17.7 Å². The van der Waals surface area contributed by atoms with Gasteiger partial charge in [-0.25, -0.2) is 13.8 Å². The van der Waals surface area contributed by atoms with Crippen LogP contribution in [0.3, 0.4) is 0 Å². The maximum Gasteiger partial charge on any atom is 0.237 e. The fraction of sp³-hybridized carbons (Fsp3) is 0. The van der Waals surface area contributed by atoms with E-state index in [1.54, 1.807) is 48.5 Å². The van der Waals surface area contributed by atoms with E-state index in [1.807, 2.05) is 6.07 Å². The summed E-state index contributed by atoms with van der Waals surface area (Å²) in [6, 6.07) is 18.6. The van der Waals surface area contributed by atoms with Gasteiger partial charge in [0.05, 0.1) is 10.7 Å². The van der Waals surface area contributed by atoms with E-state index < -0.39 is 11.6 Å². The highest BCUT2D eigenvalue weighted by molar-refractivity contribution is 6.36. The van der Waals surface area contributed by atoms with Gasteiger partial charge in [0.1, 0.15) is 17.4 Å². The summed E-state index contributed by atoms with van der Waals surface area (Å²) in [6.07, 6.45) is 0. The molecule has 0 aliphatic heterocycles. The molecule has 0 unspecified atom stereocenters. The van der Waals surface area contributed by atoms with Gasteiger partial charge in [0.2, 0.25) is 5.88 Å². The Balaban J connectivity index is 1.93. The number of ether oxygens (including phenoxy) is 1. The van der Waals surface area contributed by atoms with E-state index in [-0.39, 0.29) is 17.2 Å². The molecule has 4 aromatic rings. The summed E-state index contributed by atoms with van der Waals surface area (Å²) >= 11 is 18.5. The van der Waals surface area contributed by atoms with Gasteiger partial charge < -0.3 is 4.74 Å². The minimum absolute atomic E-state index is 0.0136. The zero-order chi connectivity index (χ0) is 22.8. The molecule has 0 fully saturated rings. The van der Waals surface area contributed by atoms with Crippen molar-refractivity contribution >= 4 is 34.8 Å². The topological polar surface area (TPSA) is 45.9 Å². The second-order valence-corrected chi connectivity index (χ2v) is 7.94. The summed E-state index contributed by atoms with van der Waals surface area (Å²) in [6.45, 7) is 0. The standard InChI is InChI=1S/C24H11Cl3F2N2O/c25-15-3-1-13(2-4-15)19-9-14(12-30)24(32-17-6-8-21(28)22(29)11-17)31-23(19)18-7-5-16(26)10-20(18)27/h1-11H. The van der Waals surface area contributed by atoms with Crippen LogP contribution in [-0.2, 0) is 0 Å². The minimum atomic E-state index is -1.08. The van der Waals surface area contributed by atoms with Crippen LogP contribution in [0.2, 0.25) is 15.1 Å². The Morgan fingerprint density at radius 2 is 1.50 bits per heavy atom. The van der Waals surface area contributed by atoms with Gasteiger partial charge in [0, 0.05) is 27.2 Å². The Kier molecular flexibility index (Phi) is 6.29. The number of nitrogens with zero attached hydrogens (tertiary/aromatic N) is 2. The maximum atomic E-state index is 13.6. The number of benzene rings is 3. The van der Waals surface area contributed by atoms with E-state index >= 15 is 0 Å². The lowest BCUT2D eigenvalue weighted by Gasteiger charge is -2.15. The molecular weight excluding hydrogens is 477 g/mol. The molecule has 8 heteroatoms. The zero-order valence-corrected chi connectivity index (χ0v) is 18.3. The van der Waals surface area contributed by atoms with Crippen molar-refractivity contribution in [1.82, 2.24) is 4.98 Å². The van der Waals surface area contributed by atoms with Crippen molar-refractivity contribution in [1.29, 1.82) is 5.26 Å². The Bertz CT molecular complexity index is 1370. The molecular formula is C24H11Cl3F2N2O. The number of hydrogen-bond acceptors (Lipinski definition) is 3. The fourth-order valence-electron chi connectivity index (χ4n) is 3.04. The number of nitriles is 1. The molecule has 158 valence electrons. The molecule has 1 aromatic heterocycles. The van der Waals surface area contributed by atoms with Gasteiger partial charge in [-0.3, -0.25) is 0 Å². The van der Waals surface area contributed by atoms with Gasteiger partial charge >= 0.3 is 0 Å². The molecule has 0 saturated heterocycles. The number of hydrogen-bond donors (Lipinski definition) is 0. The van der Waals surface area contributed by atoms with Crippen molar-refractivity contribution in [3.8, 4) is 40.1 Å². The van der Waals surface area contributed by atoms with Gasteiger partial charge in [-0.05, 0) is 54.1 Å². The second kappa shape index (κ2) is 9.13. The van der Waals surface area contributed by atoms with Gasteiger partial charge in [0.15, 0.2) is 11.6 Å². The molecule has 0 radical (unpaired) electrons. The molecule has 0 saturated carbocycles. The normalized spacial score (nSPS) is 10.6. The first-order valence-electron chi connectivity index (χ1n) is 9.15. The summed E-state index contributed by atoms with van der Waals surface area (Å²) in [7, 11) is 0. The summed E-state index contributed by atoms with van der Waals surface area (Å²) in [5, 5.41) is 11.0. The summed E-state index contributed by atoms with van der Waals surface area (Å²) in [5.74, 6) is -2.20. The maximum absolute atomic E-state index is 13.6. The van der Waals surface area contributed by atoms with Crippen molar-refractivity contribution in [2.45, 2.75) is 0 Å². The lowest BCUT2D eigenvalue weighted by Crippen LogP contribution is -1.98. The molecule has 32 heavy (non-hydrogen) atoms. The third-order valence-corrected chi connectivity index (χ3v) is 5.35. The lowest BCUT2D eigenvalue weighted by molar-refractivity contribution is 0.447. The van der Waals surface area contributed by atoms with Gasteiger partial charge in [0.25, 0.3) is 0 Å². The number of rotatable bonds is 4. The largest absolute Gasteiger partial charge is 0.438 e. The fourth-order valence-corrected chi connectivity index (χ4v) is 3.67. The van der Waals surface area contributed by atoms with Crippen molar-refractivity contribution < 1.29 is 13.5 Å². The molecule has 0 aliphatic rings. The molecule has 0 N–H and O–H groups in total. The summed E-state index contributed by atoms with van der Waals surface area (Å²) < 4.78 is 32.6. The van der Waals surface area contributed by atoms with Crippen molar-refractivity contribution in [3.05, 3.63) is 99.0 Å². The van der Waals surface area contributed by atoms with Crippen LogP contribution in [-0.4, -0.2) is 4.98 Å². The molecule has 1 heterocycles. The van der Waals surface area contributed by atoms with Crippen LogP contribution in [0.1, 0.15) is 5.56 Å². The number of aromatic nitrogens is 1. The zero-order valence-electron chi connectivity index (χ0n) is 16.0. The van der Waals surface area contributed by atoms with Crippen LogP contribution in [0, 0.1) is 23.0 Å². The first-order valence-corrected chi connectivity index (χ1v) is 10.3. The van der Waals surface area contributed by atoms with E-state index in [0.29, 0.717) is 31.9 Å². The smallest absolute Gasteiger partial charge is 0.237 e. The minimum Gasteiger partial charge on any atom is -0.438 e. The molecule has 0 spiro atoms. The molecule has 0 amide bonds. The second-order valence-electron chi connectivity index (χ2n) is 6.66. The molecule has 0 aliphatic carbocycles. The molecule has 0 bridgehead atoms. The van der Waals surface area contributed by atoms with E-state index in [1.165, 1.54) is 6.07 Å². The summed E-state index contributed by atoms with van der Waals surface area (Å²) in [4.78, 5) is 4.53. The Hall–Kier alpha value is -3.17. The van der Waals surface area contributed by atoms with E-state index in [9.17, 15) is 14.0 Å². The van der Waals surface area contributed by atoms with E-state index in [4.69, 9.17) is 39.5 Å². The molecule has 0 atom stereocenters. The SMILES string of the molecule is N#Cc1cc(-c2ccc(Cl)cc2)c(-c2ccc(Cl)cc2Cl)nc1Oc1ccc(F)c(F)c1. The molecule has 3 nitrogen and oxygen atoms in total. The summed E-state index contributed by atoms with van der Waals surface area (Å²) in [5.41, 5.74) is 2.37. The van der Waals surface area contributed by atoms with Gasteiger partial charge in [-0.15, -0.1) is 0 Å². The quantitative estimate of drug-likeness (QED) is 0.291. The predicted molar refractivity (Wildman–Crippen MR) is 121 cm³/mol. The highest BCUT2D eigenvalue weighted by atomic mass is 35.5. The van der Waals surface area contributed by atoms with Crippen LogP contribution >= 0.6 is 34.8 Å². The average molecular weight is 488 g/mol. The van der Waals surface area contributed by atoms with Crippen molar-refractivity contribution in [3.63, 3.8) is 0 Å². The first kappa shape index (κ1) is 22.0. The average Bonchev–Trinajstić information content (AvgIpc) is 2.77. The van der Waals surface area contributed by atoms with Crippen LogP contribution in [0.15, 0.2) is 66.7 Å². The van der Waals surface area contributed by atoms with Crippen molar-refractivity contribution in [2.24, 2.45) is 0 Å². The van der Waals surface area contributed by atoms with Crippen molar-refractivity contribution in [2.75, 3.05) is 0 Å². The van der Waals surface area contributed by atoms with E-state index in [2.05, 4.69) is 4.98 Å². The van der Waals surface area contributed by atoms with Crippen LogP contribution < -0.4 is 4.74 Å². The number of halogens is 5. The first-order chi connectivity index (χ1) is 15.4. The Labute approximate surface area is 197 Å². The molecule has 4 rings (SSSR count). The third-order valence-electron chi connectivity index (χ3n) is 4.56. The number of pyridine rings is 1. The highest BCUT2D eigenvalue weighted by Crippen LogP contribution is 2.39. The Morgan fingerprint density at radius 3 is 2.16 bits per heavy atom. The molecule has 3 aromatic carbocycles. The van der Waals surface area contributed by atoms with Crippen LogP contribution in [0.4, 0.5) is 8.78 Å².